The van der Waals surface area contributed by atoms with Crippen molar-refractivity contribution < 1.29 is 14.6 Å². The van der Waals surface area contributed by atoms with E-state index in [2.05, 4.69) is 10.4 Å². The average molecular weight is 469 g/mol. The van der Waals surface area contributed by atoms with Gasteiger partial charge in [0.25, 0.3) is 0 Å². The van der Waals surface area contributed by atoms with E-state index in [9.17, 15) is 19.7 Å². The Balaban J connectivity index is 2.31. The second-order valence-corrected chi connectivity index (χ2v) is 7.77. The van der Waals surface area contributed by atoms with Crippen LogP contribution in [0.4, 0.5) is 0 Å². The van der Waals surface area contributed by atoms with Crippen molar-refractivity contribution >= 4 is 17.6 Å². The Morgan fingerprint density at radius 3 is 1.94 bits per heavy atom. The molecule has 10 heteroatoms. The molecule has 2 atom stereocenters. The number of likely N-dealkylation sites (N-methyl/N-ethyl adjacent to an activating group) is 1. The van der Waals surface area contributed by atoms with Crippen LogP contribution in [0.1, 0.15) is 43.7 Å². The number of amides is 2. The van der Waals surface area contributed by atoms with E-state index in [1.807, 2.05) is 74.5 Å². The normalized spacial score (nSPS) is 13.2. The number of hydrazone groups is 1. The molecular formula is C24H32N6O4. The maximum Gasteiger partial charge on any atom is 0.245 e. The van der Waals surface area contributed by atoms with Crippen molar-refractivity contribution in [1.29, 1.82) is 0 Å². The lowest BCUT2D eigenvalue weighted by atomic mass is 9.90. The quantitative estimate of drug-likeness (QED) is 0.187. The van der Waals surface area contributed by atoms with Gasteiger partial charge in [-0.1, -0.05) is 60.7 Å². The molecule has 34 heavy (non-hydrogen) atoms. The number of benzene rings is 2. The van der Waals surface area contributed by atoms with E-state index in [4.69, 9.17) is 11.5 Å². The molecule has 0 spiro atoms. The number of nitrogens with zero attached hydrogens (tertiary/aromatic N) is 3. The SMILES string of the molecule is CCN(CC)C(=O)[C@H](CCC(N)C(N)=N[N+](=O)[O-])NC(=O)C(c1ccccc1)c1ccccc1. The molecule has 10 nitrogen and oxygen atoms in total. The van der Waals surface area contributed by atoms with Crippen molar-refractivity contribution in [3.8, 4) is 0 Å². The monoisotopic (exact) mass is 468 g/mol. The van der Waals surface area contributed by atoms with Gasteiger partial charge in [-0.2, -0.15) is 0 Å². The van der Waals surface area contributed by atoms with Gasteiger partial charge < -0.3 is 21.7 Å². The molecule has 2 amide bonds. The van der Waals surface area contributed by atoms with E-state index in [0.717, 1.165) is 11.1 Å². The van der Waals surface area contributed by atoms with Crippen LogP contribution in [0.2, 0.25) is 0 Å². The maximum absolute atomic E-state index is 13.5. The molecule has 2 aromatic rings. The molecule has 0 aromatic heterocycles. The van der Waals surface area contributed by atoms with Crippen LogP contribution in [0, 0.1) is 10.1 Å². The van der Waals surface area contributed by atoms with Crippen molar-refractivity contribution in [2.45, 2.75) is 44.7 Å². The van der Waals surface area contributed by atoms with E-state index < -0.39 is 23.0 Å². The third-order valence-electron chi connectivity index (χ3n) is 5.56. The summed E-state index contributed by atoms with van der Waals surface area (Å²) < 4.78 is 0. The fourth-order valence-electron chi connectivity index (χ4n) is 3.72. The predicted octanol–water partition coefficient (Wildman–Crippen LogP) is 1.83. The number of carbonyl (C=O) groups excluding carboxylic acids is 2. The van der Waals surface area contributed by atoms with Crippen molar-refractivity contribution in [3.05, 3.63) is 81.9 Å². The van der Waals surface area contributed by atoms with Crippen LogP contribution in [0.5, 0.6) is 0 Å². The van der Waals surface area contributed by atoms with E-state index in [0.29, 0.717) is 13.1 Å². The Hall–Kier alpha value is -3.79. The molecule has 1 unspecified atom stereocenters. The molecule has 0 saturated carbocycles. The second kappa shape index (κ2) is 13.0. The standard InChI is InChI=1S/C24H32N6O4/c1-3-29(4-2)24(32)20(16-15-19(25)22(26)28-30(33)34)27-23(31)21(17-11-7-5-8-12-17)18-13-9-6-10-14-18/h5-14,19-21H,3-4,15-16,25H2,1-2H3,(H2,26,28)(H,27,31)/t19?,20-/m0/s1. The highest BCUT2D eigenvalue weighted by Crippen LogP contribution is 2.25. The minimum absolute atomic E-state index is 0.127. The molecule has 0 aliphatic heterocycles. The number of nitrogens with two attached hydrogens (primary N) is 2. The maximum atomic E-state index is 13.5. The second-order valence-electron chi connectivity index (χ2n) is 7.77. The highest BCUT2D eigenvalue weighted by Gasteiger charge is 2.30. The van der Waals surface area contributed by atoms with Gasteiger partial charge in [-0.15, -0.1) is 0 Å². The van der Waals surface area contributed by atoms with E-state index in [1.165, 1.54) is 0 Å². The molecule has 0 fully saturated rings. The van der Waals surface area contributed by atoms with Gasteiger partial charge in [-0.3, -0.25) is 9.59 Å². The Bertz CT molecular complexity index is 940. The molecular weight excluding hydrogens is 436 g/mol. The lowest BCUT2D eigenvalue weighted by Crippen LogP contribution is -2.50. The summed E-state index contributed by atoms with van der Waals surface area (Å²) in [5.74, 6) is -1.54. The largest absolute Gasteiger partial charge is 0.381 e. The number of hydrogen-bond acceptors (Lipinski definition) is 5. The zero-order chi connectivity index (χ0) is 25.1. The van der Waals surface area contributed by atoms with Crippen molar-refractivity contribution in [2.24, 2.45) is 16.6 Å². The van der Waals surface area contributed by atoms with E-state index in [1.54, 1.807) is 4.90 Å². The van der Waals surface area contributed by atoms with Gasteiger partial charge in [0.15, 0.2) is 10.9 Å². The third-order valence-corrected chi connectivity index (χ3v) is 5.56. The minimum Gasteiger partial charge on any atom is -0.381 e. The van der Waals surface area contributed by atoms with Crippen LogP contribution in [0.3, 0.4) is 0 Å². The van der Waals surface area contributed by atoms with Crippen LogP contribution in [-0.2, 0) is 9.59 Å². The van der Waals surface area contributed by atoms with Crippen LogP contribution < -0.4 is 16.8 Å². The van der Waals surface area contributed by atoms with Crippen LogP contribution in [0.15, 0.2) is 65.8 Å². The highest BCUT2D eigenvalue weighted by molar-refractivity contribution is 5.92. The lowest BCUT2D eigenvalue weighted by Gasteiger charge is -2.28. The Morgan fingerprint density at radius 2 is 1.50 bits per heavy atom. The topological polar surface area (TPSA) is 157 Å². The summed E-state index contributed by atoms with van der Waals surface area (Å²) in [6.45, 7) is 4.65. The van der Waals surface area contributed by atoms with Gasteiger partial charge in [0.05, 0.1) is 17.1 Å². The molecule has 2 rings (SSSR count). The van der Waals surface area contributed by atoms with Crippen molar-refractivity contribution in [2.75, 3.05) is 13.1 Å². The Kier molecular flexibility index (Phi) is 10.2. The fourth-order valence-corrected chi connectivity index (χ4v) is 3.72. The van der Waals surface area contributed by atoms with E-state index >= 15 is 0 Å². The van der Waals surface area contributed by atoms with Gasteiger partial charge in [0.2, 0.25) is 11.8 Å². The number of rotatable bonds is 12. The summed E-state index contributed by atoms with van der Waals surface area (Å²) in [6, 6.07) is 16.8. The molecule has 0 bridgehead atoms. The number of nitrogens with one attached hydrogen (secondary N) is 1. The molecule has 0 aliphatic carbocycles. The molecule has 0 radical (unpaired) electrons. The first kappa shape index (κ1) is 26.5. The summed E-state index contributed by atoms with van der Waals surface area (Å²) >= 11 is 0. The zero-order valence-electron chi connectivity index (χ0n) is 19.5. The van der Waals surface area contributed by atoms with Crippen molar-refractivity contribution in [1.82, 2.24) is 10.2 Å². The van der Waals surface area contributed by atoms with Gasteiger partial charge in [-0.25, -0.2) is 10.1 Å². The van der Waals surface area contributed by atoms with Gasteiger partial charge in [-0.05, 0) is 37.8 Å². The van der Waals surface area contributed by atoms with Crippen LogP contribution >= 0.6 is 0 Å². The third kappa shape index (κ3) is 7.38. The summed E-state index contributed by atoms with van der Waals surface area (Å²) in [4.78, 5) is 38.9. The smallest absolute Gasteiger partial charge is 0.245 e. The van der Waals surface area contributed by atoms with Gasteiger partial charge in [0, 0.05) is 13.1 Å². The Morgan fingerprint density at radius 1 is 1.00 bits per heavy atom. The summed E-state index contributed by atoms with van der Waals surface area (Å²) in [5.41, 5.74) is 13.1. The Labute approximate surface area is 199 Å². The predicted molar refractivity (Wildman–Crippen MR) is 130 cm³/mol. The van der Waals surface area contributed by atoms with Gasteiger partial charge in [0.1, 0.15) is 6.04 Å². The molecule has 5 N–H and O–H groups in total. The van der Waals surface area contributed by atoms with Crippen LogP contribution in [0.25, 0.3) is 0 Å². The van der Waals surface area contributed by atoms with Gasteiger partial charge >= 0.3 is 0 Å². The lowest BCUT2D eigenvalue weighted by molar-refractivity contribution is -0.485. The first-order valence-electron chi connectivity index (χ1n) is 11.2. The number of amidine groups is 1. The summed E-state index contributed by atoms with van der Waals surface area (Å²) in [6.07, 6.45) is 0.273. The molecule has 0 aliphatic rings. The summed E-state index contributed by atoms with van der Waals surface area (Å²) in [7, 11) is 0. The molecule has 0 heterocycles. The van der Waals surface area contributed by atoms with Crippen molar-refractivity contribution in [3.63, 3.8) is 0 Å². The fraction of sp³-hybridized carbons (Fsp3) is 0.375. The molecule has 0 saturated heterocycles. The minimum atomic E-state index is -0.923. The van der Waals surface area contributed by atoms with Crippen LogP contribution in [-0.4, -0.2) is 52.8 Å². The summed E-state index contributed by atoms with van der Waals surface area (Å²) in [5, 5.41) is 15.6. The first-order valence-corrected chi connectivity index (χ1v) is 11.2. The zero-order valence-corrected chi connectivity index (χ0v) is 19.5. The molecule has 182 valence electrons. The number of hydrogen-bond donors (Lipinski definition) is 3. The number of nitro groups is 1. The highest BCUT2D eigenvalue weighted by atomic mass is 16.7. The number of carbonyl (C=O) groups is 2. The molecule has 2 aromatic carbocycles. The first-order chi connectivity index (χ1) is 16.3. The average Bonchev–Trinajstić information content (AvgIpc) is 2.83. The van der Waals surface area contributed by atoms with E-state index in [-0.39, 0.29) is 30.5 Å².